The highest BCUT2D eigenvalue weighted by Gasteiger charge is 2.27. The van der Waals surface area contributed by atoms with E-state index in [2.05, 4.69) is 43.3 Å². The van der Waals surface area contributed by atoms with Crippen molar-refractivity contribution in [3.63, 3.8) is 0 Å². The van der Waals surface area contributed by atoms with Crippen LogP contribution >= 0.6 is 0 Å². The Kier molecular flexibility index (Phi) is 6.06. The average Bonchev–Trinajstić information content (AvgIpc) is 2.67. The summed E-state index contributed by atoms with van der Waals surface area (Å²) in [6.07, 6.45) is 1.87. The van der Waals surface area contributed by atoms with Crippen molar-refractivity contribution in [3.8, 4) is 16.9 Å². The summed E-state index contributed by atoms with van der Waals surface area (Å²) in [6.45, 7) is 2.83. The number of alkyl halides is 2. The first-order valence-corrected chi connectivity index (χ1v) is 9.28. The molecule has 1 aliphatic carbocycles. The maximum Gasteiger partial charge on any atom is 0.241 e. The zero-order chi connectivity index (χ0) is 17.6. The second-order valence-electron chi connectivity index (χ2n) is 6.94. The van der Waals surface area contributed by atoms with Gasteiger partial charge >= 0.3 is 0 Å². The van der Waals surface area contributed by atoms with Crippen LogP contribution < -0.4 is 4.74 Å². The van der Waals surface area contributed by atoms with Gasteiger partial charge in [-0.15, -0.1) is 0 Å². The molecule has 0 spiro atoms. The highest BCUT2D eigenvalue weighted by molar-refractivity contribution is 5.64. The Bertz CT molecular complexity index is 641. The van der Waals surface area contributed by atoms with Gasteiger partial charge < -0.3 is 4.74 Å². The molecule has 0 heterocycles. The predicted molar refractivity (Wildman–Crippen MR) is 98.4 cm³/mol. The predicted octanol–water partition coefficient (Wildman–Crippen LogP) is 6.68. The van der Waals surface area contributed by atoms with Crippen LogP contribution in [0.1, 0.15) is 50.5 Å². The van der Waals surface area contributed by atoms with Crippen LogP contribution in [0.25, 0.3) is 11.1 Å². The zero-order valence-electron chi connectivity index (χ0n) is 14.8. The molecular formula is C22H26F2O. The van der Waals surface area contributed by atoms with E-state index in [1.54, 1.807) is 0 Å². The van der Waals surface area contributed by atoms with Gasteiger partial charge in [0.25, 0.3) is 0 Å². The molecule has 134 valence electrons. The number of halogens is 2. The highest BCUT2D eigenvalue weighted by Crippen LogP contribution is 2.38. The molecule has 2 aromatic rings. The molecular weight excluding hydrogens is 318 g/mol. The fraction of sp³-hybridized carbons (Fsp3) is 0.455. The number of ether oxygens (including phenoxy) is 1. The average molecular weight is 344 g/mol. The lowest BCUT2D eigenvalue weighted by atomic mass is 9.78. The number of benzene rings is 2. The van der Waals surface area contributed by atoms with E-state index < -0.39 is 12.3 Å². The maximum atomic E-state index is 12.8. The summed E-state index contributed by atoms with van der Waals surface area (Å²) < 4.78 is 31.2. The van der Waals surface area contributed by atoms with E-state index in [1.807, 2.05) is 12.1 Å². The topological polar surface area (TPSA) is 9.23 Å². The van der Waals surface area contributed by atoms with E-state index in [-0.39, 0.29) is 0 Å². The Labute approximate surface area is 149 Å². The van der Waals surface area contributed by atoms with Crippen molar-refractivity contribution in [2.45, 2.75) is 51.4 Å². The molecule has 2 aromatic carbocycles. The van der Waals surface area contributed by atoms with E-state index in [1.165, 1.54) is 11.1 Å². The maximum absolute atomic E-state index is 12.8. The van der Waals surface area contributed by atoms with Crippen molar-refractivity contribution in [2.24, 2.45) is 5.92 Å². The summed E-state index contributed by atoms with van der Waals surface area (Å²) >= 11 is 0. The molecule has 1 nitrogen and oxygen atoms in total. The van der Waals surface area contributed by atoms with E-state index in [0.29, 0.717) is 18.8 Å². The minimum atomic E-state index is -2.16. The number of hydrogen-bond acceptors (Lipinski definition) is 1. The quantitative estimate of drug-likeness (QED) is 0.568. The van der Waals surface area contributed by atoms with Crippen LogP contribution in [0.2, 0.25) is 0 Å². The normalized spacial score (nSPS) is 20.6. The van der Waals surface area contributed by atoms with Crippen LogP contribution in [0.4, 0.5) is 8.78 Å². The summed E-state index contributed by atoms with van der Waals surface area (Å²) in [5.74, 6) is 0.927. The minimum Gasteiger partial charge on any atom is -0.494 e. The van der Waals surface area contributed by atoms with E-state index in [9.17, 15) is 8.78 Å². The molecule has 0 amide bonds. The first kappa shape index (κ1) is 17.9. The fourth-order valence-electron chi connectivity index (χ4n) is 3.62. The summed E-state index contributed by atoms with van der Waals surface area (Å²) in [5, 5.41) is 0. The molecule has 25 heavy (non-hydrogen) atoms. The zero-order valence-corrected chi connectivity index (χ0v) is 14.8. The number of rotatable bonds is 6. The van der Waals surface area contributed by atoms with Crippen LogP contribution in [-0.4, -0.2) is 13.0 Å². The largest absolute Gasteiger partial charge is 0.494 e. The van der Waals surface area contributed by atoms with Gasteiger partial charge in [-0.1, -0.05) is 43.3 Å². The molecule has 1 aliphatic rings. The Morgan fingerprint density at radius 3 is 1.96 bits per heavy atom. The van der Waals surface area contributed by atoms with Crippen LogP contribution in [0.5, 0.6) is 5.75 Å². The lowest BCUT2D eigenvalue weighted by Gasteiger charge is -2.28. The molecule has 0 saturated heterocycles. The van der Waals surface area contributed by atoms with Crippen molar-refractivity contribution in [2.75, 3.05) is 6.61 Å². The molecule has 0 aromatic heterocycles. The lowest BCUT2D eigenvalue weighted by Crippen LogP contribution is -2.19. The monoisotopic (exact) mass is 344 g/mol. The second kappa shape index (κ2) is 8.46. The molecule has 0 aliphatic heterocycles. The van der Waals surface area contributed by atoms with Crippen molar-refractivity contribution < 1.29 is 13.5 Å². The lowest BCUT2D eigenvalue weighted by molar-refractivity contribution is 0.0528. The van der Waals surface area contributed by atoms with Gasteiger partial charge in [-0.2, -0.15) is 0 Å². The molecule has 1 saturated carbocycles. The van der Waals surface area contributed by atoms with Crippen molar-refractivity contribution in [3.05, 3.63) is 54.1 Å². The van der Waals surface area contributed by atoms with Gasteiger partial charge in [0, 0.05) is 5.92 Å². The Balaban J connectivity index is 1.62. The molecule has 0 unspecified atom stereocenters. The second-order valence-corrected chi connectivity index (χ2v) is 6.94. The Morgan fingerprint density at radius 2 is 1.44 bits per heavy atom. The van der Waals surface area contributed by atoms with Crippen molar-refractivity contribution in [1.29, 1.82) is 0 Å². The summed E-state index contributed by atoms with van der Waals surface area (Å²) in [4.78, 5) is 0. The van der Waals surface area contributed by atoms with Gasteiger partial charge in [0.2, 0.25) is 6.43 Å². The van der Waals surface area contributed by atoms with Crippen LogP contribution in [0.3, 0.4) is 0 Å². The summed E-state index contributed by atoms with van der Waals surface area (Å²) in [5.41, 5.74) is 3.61. The molecule has 0 atom stereocenters. The Morgan fingerprint density at radius 1 is 0.880 bits per heavy atom. The van der Waals surface area contributed by atoms with Gasteiger partial charge in [0.05, 0.1) is 6.61 Å². The van der Waals surface area contributed by atoms with Gasteiger partial charge in [0.1, 0.15) is 5.75 Å². The first-order valence-electron chi connectivity index (χ1n) is 9.28. The third-order valence-electron chi connectivity index (χ3n) is 5.17. The standard InChI is InChI=1S/C22H26F2O/c1-2-15-25-21-13-11-19(12-14-21)17-5-3-16(4-6-17)18-7-9-20(10-8-18)22(23)24/h3-6,11-14,18,20,22H,2,7-10,15H2,1H3. The molecule has 0 N–H and O–H groups in total. The van der Waals surface area contributed by atoms with Crippen LogP contribution in [0, 0.1) is 5.92 Å². The first-order chi connectivity index (χ1) is 12.2. The van der Waals surface area contributed by atoms with E-state index in [0.717, 1.165) is 37.2 Å². The summed E-state index contributed by atoms with van der Waals surface area (Å²) in [7, 11) is 0. The number of hydrogen-bond donors (Lipinski definition) is 0. The smallest absolute Gasteiger partial charge is 0.241 e. The highest BCUT2D eigenvalue weighted by atomic mass is 19.3. The van der Waals surface area contributed by atoms with E-state index >= 15 is 0 Å². The van der Waals surface area contributed by atoms with Crippen LogP contribution in [-0.2, 0) is 0 Å². The van der Waals surface area contributed by atoms with Gasteiger partial charge in [-0.3, -0.25) is 0 Å². The molecule has 3 heteroatoms. The SMILES string of the molecule is CCCOc1ccc(-c2ccc(C3CCC(C(F)F)CC3)cc2)cc1. The Hall–Kier alpha value is -1.90. The van der Waals surface area contributed by atoms with E-state index in [4.69, 9.17) is 4.74 Å². The minimum absolute atomic E-state index is 0.399. The van der Waals surface area contributed by atoms with Gasteiger partial charge in [0.15, 0.2) is 0 Å². The van der Waals surface area contributed by atoms with Gasteiger partial charge in [-0.05, 0) is 66.8 Å². The third kappa shape index (κ3) is 4.59. The molecule has 1 fully saturated rings. The summed E-state index contributed by atoms with van der Waals surface area (Å²) in [6, 6.07) is 16.7. The van der Waals surface area contributed by atoms with Crippen molar-refractivity contribution in [1.82, 2.24) is 0 Å². The van der Waals surface area contributed by atoms with Crippen LogP contribution in [0.15, 0.2) is 48.5 Å². The van der Waals surface area contributed by atoms with Gasteiger partial charge in [-0.25, -0.2) is 8.78 Å². The molecule has 0 radical (unpaired) electrons. The molecule has 0 bridgehead atoms. The fourth-order valence-corrected chi connectivity index (χ4v) is 3.62. The molecule has 3 rings (SSSR count). The third-order valence-corrected chi connectivity index (χ3v) is 5.17. The van der Waals surface area contributed by atoms with Crippen molar-refractivity contribution >= 4 is 0 Å².